The highest BCUT2D eigenvalue weighted by Crippen LogP contribution is 2.00. The van der Waals surface area contributed by atoms with Crippen molar-refractivity contribution in [1.82, 2.24) is 10.3 Å². The molecule has 66 valence electrons. The van der Waals surface area contributed by atoms with Gasteiger partial charge in [-0.2, -0.15) is 5.10 Å². The molecule has 0 aromatic rings. The van der Waals surface area contributed by atoms with Crippen molar-refractivity contribution in [3.63, 3.8) is 0 Å². The lowest BCUT2D eigenvalue weighted by Crippen LogP contribution is -2.47. The van der Waals surface area contributed by atoms with Gasteiger partial charge in [-0.05, 0) is 19.6 Å². The molecule has 5 heteroatoms. The second-order valence-electron chi connectivity index (χ2n) is 2.63. The van der Waals surface area contributed by atoms with Crippen LogP contribution in [0.3, 0.4) is 0 Å². The van der Waals surface area contributed by atoms with Crippen molar-refractivity contribution >= 4 is 18.5 Å². The first kappa shape index (κ1) is 8.70. The summed E-state index contributed by atoms with van der Waals surface area (Å²) in [4.78, 5) is 12.9. The zero-order chi connectivity index (χ0) is 8.97. The predicted octanol–water partition coefficient (Wildman–Crippen LogP) is -0.210. The number of hydrogen-bond donors (Lipinski definition) is 2. The Balaban J connectivity index is 2.51. The van der Waals surface area contributed by atoms with Crippen LogP contribution in [0.15, 0.2) is 5.10 Å². The lowest BCUT2D eigenvalue weighted by Gasteiger charge is -2.27. The van der Waals surface area contributed by atoms with E-state index in [1.807, 2.05) is 11.8 Å². The van der Waals surface area contributed by atoms with Crippen molar-refractivity contribution in [1.29, 1.82) is 5.41 Å². The van der Waals surface area contributed by atoms with Crippen LogP contribution in [0.4, 0.5) is 0 Å². The maximum absolute atomic E-state index is 11.0. The average molecular weight is 168 g/mol. The topological polar surface area (TPSA) is 68.6 Å². The zero-order valence-corrected chi connectivity index (χ0v) is 6.95. The summed E-state index contributed by atoms with van der Waals surface area (Å²) in [7, 11) is 0. The Kier molecular flexibility index (Phi) is 2.79. The van der Waals surface area contributed by atoms with Gasteiger partial charge in [0, 0.05) is 6.54 Å². The van der Waals surface area contributed by atoms with Gasteiger partial charge in [-0.25, -0.2) is 5.43 Å². The van der Waals surface area contributed by atoms with Gasteiger partial charge in [-0.15, -0.1) is 0 Å². The molecule has 0 saturated carbocycles. The third-order valence-corrected chi connectivity index (χ3v) is 1.79. The number of hydrazone groups is 1. The van der Waals surface area contributed by atoms with E-state index in [-0.39, 0.29) is 11.9 Å². The van der Waals surface area contributed by atoms with Gasteiger partial charge in [-0.3, -0.25) is 4.79 Å². The van der Waals surface area contributed by atoms with E-state index in [2.05, 4.69) is 10.5 Å². The molecule has 1 aliphatic rings. The quantitative estimate of drug-likeness (QED) is 0.572. The van der Waals surface area contributed by atoms with E-state index in [0.29, 0.717) is 13.0 Å². The first-order valence-corrected chi connectivity index (χ1v) is 3.83. The van der Waals surface area contributed by atoms with Crippen LogP contribution in [0.2, 0.25) is 0 Å². The summed E-state index contributed by atoms with van der Waals surface area (Å²) in [6.07, 6.45) is 3.56. The van der Waals surface area contributed by atoms with Crippen molar-refractivity contribution in [2.24, 2.45) is 5.10 Å². The lowest BCUT2D eigenvalue weighted by molar-refractivity contribution is -0.125. The summed E-state index contributed by atoms with van der Waals surface area (Å²) in [5, 5.41) is 10.5. The summed E-state index contributed by atoms with van der Waals surface area (Å²) in [6.45, 7) is 2.48. The van der Waals surface area contributed by atoms with Crippen LogP contribution in [0, 0.1) is 5.41 Å². The van der Waals surface area contributed by atoms with Gasteiger partial charge >= 0.3 is 0 Å². The molecule has 1 unspecified atom stereocenters. The minimum atomic E-state index is -0.178. The van der Waals surface area contributed by atoms with Crippen LogP contribution in [0.25, 0.3) is 0 Å². The Hall–Kier alpha value is -1.39. The van der Waals surface area contributed by atoms with Gasteiger partial charge in [0.25, 0.3) is 5.91 Å². The summed E-state index contributed by atoms with van der Waals surface area (Å²) in [6, 6.07) is -0.178. The van der Waals surface area contributed by atoms with Crippen molar-refractivity contribution in [2.75, 3.05) is 6.54 Å². The van der Waals surface area contributed by atoms with Gasteiger partial charge in [0.15, 0.2) is 0 Å². The van der Waals surface area contributed by atoms with Crippen LogP contribution >= 0.6 is 0 Å². The van der Waals surface area contributed by atoms with Crippen molar-refractivity contribution in [3.05, 3.63) is 0 Å². The fourth-order valence-electron chi connectivity index (χ4n) is 0.976. The first-order valence-electron chi connectivity index (χ1n) is 3.83. The van der Waals surface area contributed by atoms with Crippen LogP contribution in [-0.2, 0) is 4.79 Å². The highest BCUT2D eigenvalue weighted by Gasteiger charge is 2.21. The summed E-state index contributed by atoms with van der Waals surface area (Å²) < 4.78 is 0. The number of carbonyl (C=O) groups is 1. The second-order valence-corrected chi connectivity index (χ2v) is 2.63. The minimum Gasteiger partial charge on any atom is -0.349 e. The van der Waals surface area contributed by atoms with Crippen molar-refractivity contribution < 1.29 is 4.79 Å². The predicted molar refractivity (Wildman–Crippen MR) is 46.2 cm³/mol. The molecular weight excluding hydrogens is 156 g/mol. The molecule has 1 aliphatic heterocycles. The normalized spacial score (nSPS) is 22.2. The van der Waals surface area contributed by atoms with Crippen LogP contribution in [0.5, 0.6) is 0 Å². The molecule has 0 fully saturated rings. The molecule has 0 saturated heterocycles. The number of hydrogen-bond acceptors (Lipinski definition) is 4. The van der Waals surface area contributed by atoms with Crippen LogP contribution in [-0.4, -0.2) is 35.9 Å². The molecule has 1 rings (SSSR count). The highest BCUT2D eigenvalue weighted by molar-refractivity contribution is 5.86. The van der Waals surface area contributed by atoms with E-state index >= 15 is 0 Å². The van der Waals surface area contributed by atoms with Gasteiger partial charge in [-0.1, -0.05) is 0 Å². The molecule has 2 N–H and O–H groups in total. The molecule has 0 bridgehead atoms. The van der Waals surface area contributed by atoms with E-state index < -0.39 is 0 Å². The molecule has 0 aromatic heterocycles. The van der Waals surface area contributed by atoms with Crippen LogP contribution in [0.1, 0.15) is 13.3 Å². The van der Waals surface area contributed by atoms with Gasteiger partial charge in [0.2, 0.25) is 0 Å². The van der Waals surface area contributed by atoms with E-state index in [0.717, 1.165) is 0 Å². The van der Waals surface area contributed by atoms with Crippen molar-refractivity contribution in [2.45, 2.75) is 19.4 Å². The maximum atomic E-state index is 11.0. The summed E-state index contributed by atoms with van der Waals surface area (Å²) in [5.74, 6) is -0.0949. The second kappa shape index (κ2) is 3.85. The lowest BCUT2D eigenvalue weighted by atomic mass is 10.2. The van der Waals surface area contributed by atoms with Gasteiger partial charge in [0.1, 0.15) is 12.4 Å². The Labute approximate surface area is 70.9 Å². The number of rotatable bonds is 3. The summed E-state index contributed by atoms with van der Waals surface area (Å²) >= 11 is 0. The molecule has 1 atom stereocenters. The highest BCUT2D eigenvalue weighted by atomic mass is 16.2. The Morgan fingerprint density at radius 2 is 2.67 bits per heavy atom. The smallest absolute Gasteiger partial charge is 0.262 e. The Bertz CT molecular complexity index is 213. The van der Waals surface area contributed by atoms with E-state index in [1.165, 1.54) is 6.21 Å². The largest absolute Gasteiger partial charge is 0.349 e. The first-order chi connectivity index (χ1) is 5.75. The van der Waals surface area contributed by atoms with Gasteiger partial charge < -0.3 is 10.3 Å². The van der Waals surface area contributed by atoms with Crippen molar-refractivity contribution in [3.8, 4) is 0 Å². The molecule has 1 amide bonds. The van der Waals surface area contributed by atoms with Crippen LogP contribution < -0.4 is 5.43 Å². The molecule has 0 spiro atoms. The van der Waals surface area contributed by atoms with E-state index in [4.69, 9.17) is 5.41 Å². The third-order valence-electron chi connectivity index (χ3n) is 1.79. The standard InChI is InChI=1S/C7H12N4O/c1-6-7(12)10-9-5-11(6)4-2-3-8/h3,5-6,8H,2,4H2,1H3,(H,10,12). The average Bonchev–Trinajstić information content (AvgIpc) is 2.08. The third kappa shape index (κ3) is 1.81. The monoisotopic (exact) mass is 168 g/mol. The molecule has 1 heterocycles. The fourth-order valence-corrected chi connectivity index (χ4v) is 0.976. The Morgan fingerprint density at radius 1 is 1.92 bits per heavy atom. The fraction of sp³-hybridized carbons (Fsp3) is 0.571. The number of carbonyl (C=O) groups excluding carboxylic acids is 1. The maximum Gasteiger partial charge on any atom is 0.262 e. The van der Waals surface area contributed by atoms with Gasteiger partial charge in [0.05, 0.1) is 0 Å². The van der Waals surface area contributed by atoms with E-state index in [9.17, 15) is 4.79 Å². The Morgan fingerprint density at radius 3 is 3.33 bits per heavy atom. The number of nitrogens with zero attached hydrogens (tertiary/aromatic N) is 2. The number of amides is 1. The van der Waals surface area contributed by atoms with E-state index in [1.54, 1.807) is 6.34 Å². The SMILES string of the molecule is CC1C(=O)NN=CN1CCC=N. The molecule has 0 aliphatic carbocycles. The molecule has 5 nitrogen and oxygen atoms in total. The molecular formula is C7H12N4O. The molecule has 0 radical (unpaired) electrons. The molecule has 0 aromatic carbocycles. The summed E-state index contributed by atoms with van der Waals surface area (Å²) in [5.41, 5.74) is 2.37. The zero-order valence-electron chi connectivity index (χ0n) is 6.95. The number of nitrogens with one attached hydrogen (secondary N) is 2. The minimum absolute atomic E-state index is 0.0949. The molecule has 12 heavy (non-hydrogen) atoms.